The predicted molar refractivity (Wildman–Crippen MR) is 60.8 cm³/mol. The molecule has 2 rings (SSSR count). The Kier molecular flexibility index (Phi) is 3.25. The van der Waals surface area contributed by atoms with E-state index in [2.05, 4.69) is 10.1 Å². The van der Waals surface area contributed by atoms with Gasteiger partial charge in [0.25, 0.3) is 0 Å². The van der Waals surface area contributed by atoms with E-state index in [1.165, 1.54) is 12.8 Å². The van der Waals surface area contributed by atoms with Crippen molar-refractivity contribution in [3.8, 4) is 0 Å². The van der Waals surface area contributed by atoms with Crippen molar-refractivity contribution >= 4 is 0 Å². The Morgan fingerprint density at radius 3 is 2.69 bits per heavy atom. The smallest absolute Gasteiger partial charge is 0.228 e. The summed E-state index contributed by atoms with van der Waals surface area (Å²) < 4.78 is 5.22. The van der Waals surface area contributed by atoms with Crippen LogP contribution >= 0.6 is 0 Å². The Morgan fingerprint density at radius 2 is 2.06 bits per heavy atom. The summed E-state index contributed by atoms with van der Waals surface area (Å²) in [7, 11) is 3.97. The van der Waals surface area contributed by atoms with Gasteiger partial charge in [0.05, 0.1) is 6.54 Å². The number of hydrogen-bond acceptors (Lipinski definition) is 5. The highest BCUT2D eigenvalue weighted by Crippen LogP contribution is 2.29. The van der Waals surface area contributed by atoms with E-state index in [0.717, 1.165) is 18.7 Å². The fraction of sp³-hybridized carbons (Fsp3) is 0.818. The molecule has 0 amide bonds. The van der Waals surface area contributed by atoms with E-state index < -0.39 is 0 Å². The summed E-state index contributed by atoms with van der Waals surface area (Å²) in [6, 6.07) is 0. The van der Waals surface area contributed by atoms with E-state index in [1.807, 2.05) is 19.0 Å². The van der Waals surface area contributed by atoms with Gasteiger partial charge >= 0.3 is 0 Å². The lowest BCUT2D eigenvalue weighted by atomic mass is 9.95. The van der Waals surface area contributed by atoms with Crippen molar-refractivity contribution < 1.29 is 4.52 Å². The Labute approximate surface area is 96.0 Å². The van der Waals surface area contributed by atoms with Gasteiger partial charge in [-0.1, -0.05) is 18.0 Å². The van der Waals surface area contributed by atoms with Crippen molar-refractivity contribution in [1.82, 2.24) is 15.0 Å². The maximum absolute atomic E-state index is 6.26. The van der Waals surface area contributed by atoms with Crippen LogP contribution in [-0.2, 0) is 13.0 Å². The first-order valence-corrected chi connectivity index (χ1v) is 5.82. The van der Waals surface area contributed by atoms with Crippen molar-refractivity contribution in [3.05, 3.63) is 11.7 Å². The minimum Gasteiger partial charge on any atom is -0.339 e. The van der Waals surface area contributed by atoms with E-state index in [0.29, 0.717) is 18.9 Å². The number of rotatable bonds is 4. The quantitative estimate of drug-likeness (QED) is 0.824. The molecule has 5 nitrogen and oxygen atoms in total. The van der Waals surface area contributed by atoms with Gasteiger partial charge in [0.15, 0.2) is 5.82 Å². The largest absolute Gasteiger partial charge is 0.339 e. The average Bonchev–Trinajstić information content (AvgIpc) is 2.75. The molecule has 1 aromatic rings. The molecular weight excluding hydrogens is 204 g/mol. The third kappa shape index (κ3) is 2.80. The Bertz CT molecular complexity index is 342. The third-order valence-electron chi connectivity index (χ3n) is 3.07. The molecule has 1 heterocycles. The molecule has 0 aromatic carbocycles. The molecule has 0 spiro atoms. The lowest BCUT2D eigenvalue weighted by molar-refractivity contribution is 0.320. The summed E-state index contributed by atoms with van der Waals surface area (Å²) in [6.07, 6.45) is 5.29. The van der Waals surface area contributed by atoms with Crippen LogP contribution in [0.1, 0.15) is 37.4 Å². The third-order valence-corrected chi connectivity index (χ3v) is 3.07. The van der Waals surface area contributed by atoms with Gasteiger partial charge in [0.2, 0.25) is 5.89 Å². The molecule has 0 atom stereocenters. The maximum atomic E-state index is 6.26. The zero-order valence-corrected chi connectivity index (χ0v) is 10.1. The number of hydrogen-bond donors (Lipinski definition) is 1. The molecule has 5 heteroatoms. The average molecular weight is 224 g/mol. The van der Waals surface area contributed by atoms with Crippen LogP contribution in [0.3, 0.4) is 0 Å². The summed E-state index contributed by atoms with van der Waals surface area (Å²) in [5.41, 5.74) is 6.15. The zero-order valence-electron chi connectivity index (χ0n) is 10.1. The van der Waals surface area contributed by atoms with Gasteiger partial charge in [0.1, 0.15) is 0 Å². The first-order valence-electron chi connectivity index (χ1n) is 5.82. The second-order valence-electron chi connectivity index (χ2n) is 5.09. The zero-order chi connectivity index (χ0) is 11.6. The van der Waals surface area contributed by atoms with Crippen LogP contribution in [0.15, 0.2) is 4.52 Å². The molecule has 1 aliphatic carbocycles. The van der Waals surface area contributed by atoms with Crippen LogP contribution in [0, 0.1) is 0 Å². The first-order chi connectivity index (χ1) is 7.57. The highest BCUT2D eigenvalue weighted by Gasteiger charge is 2.31. The lowest BCUT2D eigenvalue weighted by Crippen LogP contribution is -2.38. The van der Waals surface area contributed by atoms with E-state index in [1.54, 1.807) is 0 Å². The second kappa shape index (κ2) is 4.51. The predicted octanol–water partition coefficient (Wildman–Crippen LogP) is 0.945. The topological polar surface area (TPSA) is 68.2 Å². The van der Waals surface area contributed by atoms with Crippen molar-refractivity contribution in [2.75, 3.05) is 14.1 Å². The molecule has 0 bridgehead atoms. The number of nitrogens with zero attached hydrogens (tertiary/aromatic N) is 3. The van der Waals surface area contributed by atoms with E-state index in [4.69, 9.17) is 10.3 Å². The Morgan fingerprint density at radius 1 is 1.38 bits per heavy atom. The fourth-order valence-electron chi connectivity index (χ4n) is 2.27. The highest BCUT2D eigenvalue weighted by atomic mass is 16.5. The van der Waals surface area contributed by atoms with E-state index in [9.17, 15) is 0 Å². The molecule has 1 fully saturated rings. The van der Waals surface area contributed by atoms with Gasteiger partial charge in [-0.15, -0.1) is 0 Å². The van der Waals surface area contributed by atoms with E-state index in [-0.39, 0.29) is 5.54 Å². The molecular formula is C11H20N4O. The molecule has 0 radical (unpaired) electrons. The summed E-state index contributed by atoms with van der Waals surface area (Å²) in [6.45, 7) is 0.709. The van der Waals surface area contributed by atoms with Crippen LogP contribution in [-0.4, -0.2) is 34.7 Å². The van der Waals surface area contributed by atoms with Crippen molar-refractivity contribution in [3.63, 3.8) is 0 Å². The number of nitrogens with two attached hydrogens (primary N) is 1. The summed E-state index contributed by atoms with van der Waals surface area (Å²) in [4.78, 5) is 6.38. The molecule has 16 heavy (non-hydrogen) atoms. The van der Waals surface area contributed by atoms with Crippen LogP contribution in [0.5, 0.6) is 0 Å². The molecule has 0 unspecified atom stereocenters. The molecule has 0 saturated heterocycles. The van der Waals surface area contributed by atoms with Gasteiger partial charge < -0.3 is 15.2 Å². The Hall–Kier alpha value is -0.940. The lowest BCUT2D eigenvalue weighted by Gasteiger charge is -2.20. The monoisotopic (exact) mass is 224 g/mol. The van der Waals surface area contributed by atoms with Gasteiger partial charge in [0, 0.05) is 12.0 Å². The minimum absolute atomic E-state index is 0.109. The maximum Gasteiger partial charge on any atom is 0.228 e. The van der Waals surface area contributed by atoms with Crippen LogP contribution in [0.25, 0.3) is 0 Å². The molecule has 2 N–H and O–H groups in total. The van der Waals surface area contributed by atoms with E-state index >= 15 is 0 Å². The summed E-state index contributed by atoms with van der Waals surface area (Å²) in [5, 5.41) is 3.95. The van der Waals surface area contributed by atoms with Gasteiger partial charge in [-0.25, -0.2) is 0 Å². The fourth-order valence-corrected chi connectivity index (χ4v) is 2.27. The minimum atomic E-state index is -0.109. The van der Waals surface area contributed by atoms with Crippen LogP contribution in [0.4, 0.5) is 0 Å². The molecule has 0 aliphatic heterocycles. The van der Waals surface area contributed by atoms with Crippen LogP contribution < -0.4 is 5.73 Å². The first kappa shape index (κ1) is 11.5. The standard InChI is InChI=1S/C11H20N4O/c1-15(2)8-9-13-10(16-14-9)7-11(12)5-3-4-6-11/h3-8,12H2,1-2H3. The SMILES string of the molecule is CN(C)Cc1noc(CC2(N)CCCC2)n1. The summed E-state index contributed by atoms with van der Waals surface area (Å²) in [5.74, 6) is 1.42. The second-order valence-corrected chi connectivity index (χ2v) is 5.09. The van der Waals surface area contributed by atoms with Gasteiger partial charge in [-0.05, 0) is 26.9 Å². The molecule has 1 aliphatic rings. The van der Waals surface area contributed by atoms with Crippen molar-refractivity contribution in [1.29, 1.82) is 0 Å². The number of aromatic nitrogens is 2. The molecule has 90 valence electrons. The molecule has 1 saturated carbocycles. The van der Waals surface area contributed by atoms with Crippen molar-refractivity contribution in [2.45, 2.75) is 44.2 Å². The van der Waals surface area contributed by atoms with Gasteiger partial charge in [-0.3, -0.25) is 0 Å². The Balaban J connectivity index is 1.97. The molecule has 1 aromatic heterocycles. The van der Waals surface area contributed by atoms with Crippen molar-refractivity contribution in [2.24, 2.45) is 5.73 Å². The van der Waals surface area contributed by atoms with Gasteiger partial charge in [-0.2, -0.15) is 4.98 Å². The summed E-state index contributed by atoms with van der Waals surface area (Å²) >= 11 is 0. The normalized spacial score (nSPS) is 19.5. The van der Waals surface area contributed by atoms with Crippen LogP contribution in [0.2, 0.25) is 0 Å². The highest BCUT2D eigenvalue weighted by molar-refractivity contribution is 4.98.